The van der Waals surface area contributed by atoms with Crippen LogP contribution in [0.5, 0.6) is 0 Å². The summed E-state index contributed by atoms with van der Waals surface area (Å²) in [5.74, 6) is -0.426. The van der Waals surface area contributed by atoms with Crippen LogP contribution in [0.2, 0.25) is 0 Å². The van der Waals surface area contributed by atoms with Gasteiger partial charge in [0, 0.05) is 19.5 Å². The Balaban J connectivity index is 2.52. The van der Waals surface area contributed by atoms with Gasteiger partial charge in [-0.25, -0.2) is 5.01 Å². The quantitative estimate of drug-likeness (QED) is 0.685. The maximum Gasteiger partial charge on any atom is 0.327 e. The number of amides is 1. The van der Waals surface area contributed by atoms with Gasteiger partial charge in [0.2, 0.25) is 5.91 Å². The minimum absolute atomic E-state index is 0.0291. The average Bonchev–Trinajstić information content (AvgIpc) is 2.37. The highest BCUT2D eigenvalue weighted by Crippen LogP contribution is 2.13. The predicted molar refractivity (Wildman–Crippen MR) is 70.1 cm³/mol. The molecule has 1 aliphatic heterocycles. The number of carbonyl (C=O) groups is 2. The summed E-state index contributed by atoms with van der Waals surface area (Å²) < 4.78 is 5.01. The summed E-state index contributed by atoms with van der Waals surface area (Å²) in [4.78, 5) is 23.5. The predicted octanol–water partition coefficient (Wildman–Crippen LogP) is 0.550. The van der Waals surface area contributed by atoms with E-state index < -0.39 is 6.10 Å². The fourth-order valence-corrected chi connectivity index (χ4v) is 1.96. The zero-order valence-electron chi connectivity index (χ0n) is 11.8. The van der Waals surface area contributed by atoms with Crippen molar-refractivity contribution in [1.82, 2.24) is 10.0 Å². The first-order valence-corrected chi connectivity index (χ1v) is 6.93. The molecule has 1 unspecified atom stereocenters. The molecule has 1 heterocycles. The molecule has 1 N–H and O–H groups in total. The molecule has 0 radical (unpaired) electrons. The van der Waals surface area contributed by atoms with E-state index in [1.807, 2.05) is 11.9 Å². The molecule has 1 aliphatic rings. The molecular weight excluding hydrogens is 248 g/mol. The van der Waals surface area contributed by atoms with Gasteiger partial charge in [-0.1, -0.05) is 6.92 Å². The third-order valence-corrected chi connectivity index (χ3v) is 2.99. The maximum absolute atomic E-state index is 11.9. The SMILES string of the molecule is CCCOC(=O)CN1C(=O)CCCN1CCC(C)O. The Morgan fingerprint density at radius 3 is 2.89 bits per heavy atom. The molecule has 1 saturated heterocycles. The Kier molecular flexibility index (Phi) is 6.80. The zero-order valence-corrected chi connectivity index (χ0v) is 11.8. The molecule has 0 aromatic heterocycles. The fourth-order valence-electron chi connectivity index (χ4n) is 1.96. The second kappa shape index (κ2) is 8.12. The smallest absolute Gasteiger partial charge is 0.327 e. The van der Waals surface area contributed by atoms with Gasteiger partial charge in [0.05, 0.1) is 12.7 Å². The number of ether oxygens (including phenoxy) is 1. The fraction of sp³-hybridized carbons (Fsp3) is 0.846. The Bertz CT molecular complexity index is 307. The first-order valence-electron chi connectivity index (χ1n) is 6.93. The molecule has 0 aliphatic carbocycles. The summed E-state index contributed by atoms with van der Waals surface area (Å²) in [6.45, 7) is 5.30. The van der Waals surface area contributed by atoms with Gasteiger partial charge in [-0.3, -0.25) is 14.6 Å². The van der Waals surface area contributed by atoms with Gasteiger partial charge >= 0.3 is 5.97 Å². The van der Waals surface area contributed by atoms with Crippen molar-refractivity contribution >= 4 is 11.9 Å². The van der Waals surface area contributed by atoms with E-state index >= 15 is 0 Å². The monoisotopic (exact) mass is 272 g/mol. The van der Waals surface area contributed by atoms with Crippen LogP contribution in [0.15, 0.2) is 0 Å². The number of carbonyl (C=O) groups excluding carboxylic acids is 2. The highest BCUT2D eigenvalue weighted by atomic mass is 16.5. The lowest BCUT2D eigenvalue weighted by Gasteiger charge is -2.38. The average molecular weight is 272 g/mol. The maximum atomic E-state index is 11.9. The summed E-state index contributed by atoms with van der Waals surface area (Å²) in [6, 6.07) is 0. The third-order valence-electron chi connectivity index (χ3n) is 2.99. The minimum atomic E-state index is -0.411. The van der Waals surface area contributed by atoms with Crippen LogP contribution in [-0.4, -0.2) is 59.3 Å². The highest BCUT2D eigenvalue weighted by molar-refractivity contribution is 5.82. The van der Waals surface area contributed by atoms with E-state index in [-0.39, 0.29) is 18.4 Å². The van der Waals surface area contributed by atoms with Crippen molar-refractivity contribution in [2.75, 3.05) is 26.2 Å². The lowest BCUT2D eigenvalue weighted by Crippen LogP contribution is -2.53. The Labute approximate surface area is 114 Å². The Hall–Kier alpha value is -1.14. The second-order valence-electron chi connectivity index (χ2n) is 4.87. The number of aliphatic hydroxyl groups is 1. The zero-order chi connectivity index (χ0) is 14.3. The largest absolute Gasteiger partial charge is 0.464 e. The van der Waals surface area contributed by atoms with Crippen molar-refractivity contribution < 1.29 is 19.4 Å². The van der Waals surface area contributed by atoms with Crippen LogP contribution in [0, 0.1) is 0 Å². The van der Waals surface area contributed by atoms with Gasteiger partial charge < -0.3 is 9.84 Å². The molecule has 19 heavy (non-hydrogen) atoms. The molecule has 1 amide bonds. The number of rotatable bonds is 7. The van der Waals surface area contributed by atoms with Crippen LogP contribution in [0.3, 0.4) is 0 Å². The molecule has 6 heteroatoms. The molecule has 110 valence electrons. The van der Waals surface area contributed by atoms with E-state index in [0.717, 1.165) is 19.4 Å². The molecule has 1 rings (SSSR count). The Morgan fingerprint density at radius 1 is 1.53 bits per heavy atom. The van der Waals surface area contributed by atoms with Crippen molar-refractivity contribution in [3.63, 3.8) is 0 Å². The molecule has 0 spiro atoms. The van der Waals surface area contributed by atoms with Gasteiger partial charge in [-0.2, -0.15) is 0 Å². The lowest BCUT2D eigenvalue weighted by atomic mass is 10.2. The van der Waals surface area contributed by atoms with Crippen molar-refractivity contribution in [2.45, 2.75) is 45.6 Å². The summed E-state index contributed by atoms with van der Waals surface area (Å²) in [7, 11) is 0. The Morgan fingerprint density at radius 2 is 2.26 bits per heavy atom. The number of hydrogen-bond acceptors (Lipinski definition) is 5. The molecule has 1 fully saturated rings. The molecule has 0 bridgehead atoms. The first kappa shape index (κ1) is 15.9. The van der Waals surface area contributed by atoms with Crippen LogP contribution in [0.25, 0.3) is 0 Å². The van der Waals surface area contributed by atoms with E-state index in [2.05, 4.69) is 0 Å². The highest BCUT2D eigenvalue weighted by Gasteiger charge is 2.28. The molecule has 0 saturated carbocycles. The molecule has 0 aromatic rings. The molecular formula is C13H24N2O4. The summed E-state index contributed by atoms with van der Waals surface area (Å²) in [5.41, 5.74) is 0. The first-order chi connectivity index (χ1) is 9.04. The number of hydrogen-bond donors (Lipinski definition) is 1. The van der Waals surface area contributed by atoms with Crippen molar-refractivity contribution in [2.24, 2.45) is 0 Å². The van der Waals surface area contributed by atoms with Crippen LogP contribution in [-0.2, 0) is 14.3 Å². The summed E-state index contributed by atoms with van der Waals surface area (Å²) in [6.07, 6.45) is 2.19. The van der Waals surface area contributed by atoms with Crippen molar-refractivity contribution in [1.29, 1.82) is 0 Å². The standard InChI is InChI=1S/C13H24N2O4/c1-3-9-19-13(18)10-15-12(17)5-4-7-14(15)8-6-11(2)16/h11,16H,3-10H2,1-2H3. The van der Waals surface area contributed by atoms with Crippen LogP contribution < -0.4 is 0 Å². The number of esters is 1. The van der Waals surface area contributed by atoms with Crippen LogP contribution in [0.1, 0.15) is 39.5 Å². The topological polar surface area (TPSA) is 70.1 Å². The van der Waals surface area contributed by atoms with Gasteiger partial charge in [-0.05, 0) is 26.2 Å². The number of nitrogens with zero attached hydrogens (tertiary/aromatic N) is 2. The van der Waals surface area contributed by atoms with E-state index in [4.69, 9.17) is 4.74 Å². The van der Waals surface area contributed by atoms with Gasteiger partial charge in [0.25, 0.3) is 0 Å². The van der Waals surface area contributed by atoms with Crippen molar-refractivity contribution in [3.05, 3.63) is 0 Å². The van der Waals surface area contributed by atoms with Crippen molar-refractivity contribution in [3.8, 4) is 0 Å². The minimum Gasteiger partial charge on any atom is -0.464 e. The van der Waals surface area contributed by atoms with E-state index in [1.165, 1.54) is 5.01 Å². The normalized spacial score (nSPS) is 18.5. The van der Waals surface area contributed by atoms with E-state index in [9.17, 15) is 14.7 Å². The summed E-state index contributed by atoms with van der Waals surface area (Å²) >= 11 is 0. The number of hydrazine groups is 1. The second-order valence-corrected chi connectivity index (χ2v) is 4.87. The third kappa shape index (κ3) is 5.57. The van der Waals surface area contributed by atoms with E-state index in [1.54, 1.807) is 6.92 Å². The van der Waals surface area contributed by atoms with Gasteiger partial charge in [0.15, 0.2) is 0 Å². The lowest BCUT2D eigenvalue weighted by molar-refractivity contribution is -0.167. The summed E-state index contributed by atoms with van der Waals surface area (Å²) in [5, 5.41) is 12.6. The van der Waals surface area contributed by atoms with Gasteiger partial charge in [-0.15, -0.1) is 0 Å². The van der Waals surface area contributed by atoms with Crippen LogP contribution >= 0.6 is 0 Å². The number of aliphatic hydroxyl groups excluding tert-OH is 1. The molecule has 6 nitrogen and oxygen atoms in total. The van der Waals surface area contributed by atoms with Crippen LogP contribution in [0.4, 0.5) is 0 Å². The molecule has 1 atom stereocenters. The van der Waals surface area contributed by atoms with E-state index in [0.29, 0.717) is 26.0 Å². The van der Waals surface area contributed by atoms with Gasteiger partial charge in [0.1, 0.15) is 6.54 Å². The molecule has 0 aromatic carbocycles.